The van der Waals surface area contributed by atoms with Crippen molar-refractivity contribution in [1.29, 1.82) is 0 Å². The number of rotatable bonds is 4. The quantitative estimate of drug-likeness (QED) is 0.791. The molecule has 28 heavy (non-hydrogen) atoms. The number of aryl methyl sites for hydroxylation is 1. The summed E-state index contributed by atoms with van der Waals surface area (Å²) in [6.07, 6.45) is 7.37. The fraction of sp³-hybridized carbons (Fsp3) is 0.700. The lowest BCUT2D eigenvalue weighted by atomic mass is 9.93. The second-order valence-electron chi connectivity index (χ2n) is 8.35. The molecule has 152 valence electrons. The van der Waals surface area contributed by atoms with Gasteiger partial charge in [0.1, 0.15) is 11.4 Å². The highest BCUT2D eigenvalue weighted by Gasteiger charge is 2.34. The van der Waals surface area contributed by atoms with Crippen LogP contribution in [0.2, 0.25) is 0 Å². The molecule has 1 saturated carbocycles. The number of hydrogen-bond donors (Lipinski definition) is 2. The van der Waals surface area contributed by atoms with Crippen molar-refractivity contribution in [2.24, 2.45) is 5.92 Å². The summed E-state index contributed by atoms with van der Waals surface area (Å²) in [5.41, 5.74) is -0.265. The maximum atomic E-state index is 12.7. The summed E-state index contributed by atoms with van der Waals surface area (Å²) in [6, 6.07) is 0.812. The van der Waals surface area contributed by atoms with Crippen LogP contribution in [0.4, 0.5) is 0 Å². The minimum atomic E-state index is -0.375. The summed E-state index contributed by atoms with van der Waals surface area (Å²) >= 11 is 0. The normalized spacial score (nSPS) is 24.2. The van der Waals surface area contributed by atoms with Crippen molar-refractivity contribution in [2.45, 2.75) is 57.5 Å². The zero-order valence-electron chi connectivity index (χ0n) is 16.4. The number of H-pyrrole nitrogens is 1. The molecule has 0 radical (unpaired) electrons. The van der Waals surface area contributed by atoms with E-state index in [9.17, 15) is 14.4 Å². The number of nitrogens with zero attached hydrogens (tertiary/aromatic N) is 3. The first-order chi connectivity index (χ1) is 13.5. The number of hydrogen-bond acceptors (Lipinski definition) is 5. The van der Waals surface area contributed by atoms with E-state index in [0.717, 1.165) is 51.6 Å². The number of likely N-dealkylation sites (tertiary alicyclic amines) is 2. The maximum absolute atomic E-state index is 12.7. The topological polar surface area (TPSA) is 98.4 Å². The molecule has 0 aromatic carbocycles. The van der Waals surface area contributed by atoms with Gasteiger partial charge in [-0.3, -0.25) is 19.3 Å². The zero-order chi connectivity index (χ0) is 19.7. The third-order valence-corrected chi connectivity index (χ3v) is 6.17. The minimum Gasteiger partial charge on any atom is -0.353 e. The highest BCUT2D eigenvalue weighted by atomic mass is 16.2. The summed E-state index contributed by atoms with van der Waals surface area (Å²) in [6.45, 7) is 4.79. The van der Waals surface area contributed by atoms with Crippen LogP contribution >= 0.6 is 0 Å². The predicted octanol–water partition coefficient (Wildman–Crippen LogP) is 0.674. The Bertz CT molecular complexity index is 795. The molecule has 0 spiro atoms. The van der Waals surface area contributed by atoms with E-state index in [4.69, 9.17) is 0 Å². The molecule has 0 bridgehead atoms. The average molecular weight is 387 g/mol. The number of aromatic nitrogens is 2. The van der Waals surface area contributed by atoms with E-state index in [1.54, 1.807) is 11.8 Å². The molecule has 8 heteroatoms. The van der Waals surface area contributed by atoms with Gasteiger partial charge in [0.25, 0.3) is 11.5 Å². The van der Waals surface area contributed by atoms with Crippen LogP contribution in [0.5, 0.6) is 0 Å². The predicted molar refractivity (Wildman–Crippen MR) is 104 cm³/mol. The number of aromatic amines is 1. The Kier molecular flexibility index (Phi) is 5.48. The lowest BCUT2D eigenvalue weighted by Gasteiger charge is -2.42. The van der Waals surface area contributed by atoms with Gasteiger partial charge in [0.15, 0.2) is 0 Å². The second-order valence-corrected chi connectivity index (χ2v) is 8.35. The van der Waals surface area contributed by atoms with Crippen molar-refractivity contribution in [1.82, 2.24) is 25.1 Å². The van der Waals surface area contributed by atoms with Gasteiger partial charge in [0.05, 0.1) is 5.92 Å². The molecule has 2 amide bonds. The van der Waals surface area contributed by atoms with Gasteiger partial charge in [0, 0.05) is 37.9 Å². The Labute approximate surface area is 164 Å². The van der Waals surface area contributed by atoms with Gasteiger partial charge in [-0.05, 0) is 52.0 Å². The maximum Gasteiger partial charge on any atom is 0.263 e. The molecular weight excluding hydrogens is 358 g/mol. The Morgan fingerprint density at radius 3 is 2.57 bits per heavy atom. The highest BCUT2D eigenvalue weighted by molar-refractivity contribution is 5.93. The first-order valence-electron chi connectivity index (χ1n) is 10.4. The second kappa shape index (κ2) is 8.03. The number of carbonyl (C=O) groups is 2. The number of nitrogens with one attached hydrogen (secondary N) is 2. The van der Waals surface area contributed by atoms with Crippen molar-refractivity contribution < 1.29 is 9.59 Å². The van der Waals surface area contributed by atoms with Crippen LogP contribution < -0.4 is 10.9 Å². The first-order valence-corrected chi connectivity index (χ1v) is 10.4. The average Bonchev–Trinajstić information content (AvgIpc) is 3.52. The number of piperidine rings is 2. The van der Waals surface area contributed by atoms with Gasteiger partial charge < -0.3 is 15.2 Å². The van der Waals surface area contributed by atoms with Crippen LogP contribution in [0.15, 0.2) is 11.0 Å². The molecule has 3 heterocycles. The lowest BCUT2D eigenvalue weighted by molar-refractivity contribution is -0.127. The Morgan fingerprint density at radius 1 is 1.14 bits per heavy atom. The van der Waals surface area contributed by atoms with Crippen LogP contribution in [0.25, 0.3) is 0 Å². The molecule has 8 nitrogen and oxygen atoms in total. The van der Waals surface area contributed by atoms with Gasteiger partial charge in [-0.15, -0.1) is 0 Å². The van der Waals surface area contributed by atoms with Gasteiger partial charge in [0.2, 0.25) is 5.91 Å². The van der Waals surface area contributed by atoms with E-state index in [1.165, 1.54) is 6.20 Å². The largest absolute Gasteiger partial charge is 0.353 e. The smallest absolute Gasteiger partial charge is 0.263 e. The van der Waals surface area contributed by atoms with Crippen molar-refractivity contribution >= 4 is 11.8 Å². The molecule has 1 aliphatic carbocycles. The highest BCUT2D eigenvalue weighted by Crippen LogP contribution is 2.26. The molecule has 1 unspecified atom stereocenters. The number of carbonyl (C=O) groups excluding carboxylic acids is 2. The summed E-state index contributed by atoms with van der Waals surface area (Å²) in [5.74, 6) is 0.565. The van der Waals surface area contributed by atoms with Gasteiger partial charge in [-0.1, -0.05) is 0 Å². The van der Waals surface area contributed by atoms with Crippen molar-refractivity contribution in [2.75, 3.05) is 26.2 Å². The van der Waals surface area contributed by atoms with E-state index in [-0.39, 0.29) is 28.9 Å². The van der Waals surface area contributed by atoms with E-state index < -0.39 is 0 Å². The standard InChI is InChI=1S/C20H29N5O3/c1-13-21-11-17(19(27)22-13)20(28)24-9-6-16(7-10-24)25-8-2-3-14(12-25)18(26)23-15-4-5-15/h11,14-16H,2-10,12H2,1H3,(H,23,26)(H,21,22,27). The van der Waals surface area contributed by atoms with Crippen LogP contribution in [-0.2, 0) is 4.79 Å². The molecule has 4 rings (SSSR count). The van der Waals surface area contributed by atoms with Crippen molar-refractivity contribution in [3.05, 3.63) is 27.9 Å². The fourth-order valence-corrected chi connectivity index (χ4v) is 4.34. The van der Waals surface area contributed by atoms with Crippen LogP contribution in [0, 0.1) is 12.8 Å². The molecule has 3 aliphatic rings. The summed E-state index contributed by atoms with van der Waals surface area (Å²) in [7, 11) is 0. The molecule has 1 atom stereocenters. The minimum absolute atomic E-state index is 0.0891. The molecule has 3 fully saturated rings. The van der Waals surface area contributed by atoms with Gasteiger partial charge in [-0.2, -0.15) is 0 Å². The van der Waals surface area contributed by atoms with Gasteiger partial charge >= 0.3 is 0 Å². The van der Waals surface area contributed by atoms with E-state index in [0.29, 0.717) is 31.0 Å². The van der Waals surface area contributed by atoms with Crippen LogP contribution in [0.3, 0.4) is 0 Å². The third-order valence-electron chi connectivity index (χ3n) is 6.17. The van der Waals surface area contributed by atoms with E-state index in [2.05, 4.69) is 20.2 Å². The molecule has 1 aromatic heterocycles. The third kappa shape index (κ3) is 4.27. The summed E-state index contributed by atoms with van der Waals surface area (Å²) in [4.78, 5) is 47.9. The van der Waals surface area contributed by atoms with E-state index >= 15 is 0 Å². The SMILES string of the molecule is Cc1ncc(C(=O)N2CCC(N3CCCC(C(=O)NC4CC4)C3)CC2)c(=O)[nH]1. The lowest BCUT2D eigenvalue weighted by Crippen LogP contribution is -2.52. The van der Waals surface area contributed by atoms with E-state index in [1.807, 2.05) is 0 Å². The number of amides is 2. The molecule has 1 aromatic rings. The first kappa shape index (κ1) is 19.1. The zero-order valence-corrected chi connectivity index (χ0v) is 16.4. The van der Waals surface area contributed by atoms with Crippen molar-refractivity contribution in [3.63, 3.8) is 0 Å². The Hall–Kier alpha value is -2.22. The van der Waals surface area contributed by atoms with Crippen molar-refractivity contribution in [3.8, 4) is 0 Å². The molecule has 2 aliphatic heterocycles. The monoisotopic (exact) mass is 387 g/mol. The van der Waals surface area contributed by atoms with Gasteiger partial charge in [-0.25, -0.2) is 4.98 Å². The molecular formula is C20H29N5O3. The molecule has 2 saturated heterocycles. The Morgan fingerprint density at radius 2 is 1.89 bits per heavy atom. The van der Waals surface area contributed by atoms with Crippen LogP contribution in [-0.4, -0.2) is 69.8 Å². The Balaban J connectivity index is 1.31. The fourth-order valence-electron chi connectivity index (χ4n) is 4.34. The summed E-state index contributed by atoms with van der Waals surface area (Å²) in [5, 5.41) is 3.14. The summed E-state index contributed by atoms with van der Waals surface area (Å²) < 4.78 is 0. The van der Waals surface area contributed by atoms with Crippen LogP contribution in [0.1, 0.15) is 54.7 Å². The molecule has 2 N–H and O–H groups in total.